The molecular weight excluding hydrogens is 183 g/mol. The van der Waals surface area contributed by atoms with Crippen molar-refractivity contribution in [2.75, 3.05) is 11.9 Å². The van der Waals surface area contributed by atoms with Crippen molar-refractivity contribution in [2.45, 2.75) is 12.5 Å². The molecule has 2 rings (SSSR count). The number of hydrogen-bond donors (Lipinski definition) is 1. The van der Waals surface area contributed by atoms with E-state index in [0.29, 0.717) is 18.8 Å². The van der Waals surface area contributed by atoms with Crippen LogP contribution in [0.4, 0.5) is 10.1 Å². The summed E-state index contributed by atoms with van der Waals surface area (Å²) in [5, 5.41) is 11.6. The summed E-state index contributed by atoms with van der Waals surface area (Å²) < 4.78 is 18.1. The van der Waals surface area contributed by atoms with Crippen LogP contribution in [0.3, 0.4) is 0 Å². The van der Waals surface area contributed by atoms with Gasteiger partial charge in [0.1, 0.15) is 18.2 Å². The second-order valence-electron chi connectivity index (χ2n) is 3.15. The minimum absolute atomic E-state index is 0.00189. The van der Waals surface area contributed by atoms with E-state index in [-0.39, 0.29) is 11.9 Å². The van der Waals surface area contributed by atoms with Crippen molar-refractivity contribution < 1.29 is 9.13 Å². The fourth-order valence-electron chi connectivity index (χ4n) is 1.41. The first-order valence-electron chi connectivity index (χ1n) is 4.35. The van der Waals surface area contributed by atoms with Crippen LogP contribution in [0.5, 0.6) is 5.75 Å². The summed E-state index contributed by atoms with van der Waals surface area (Å²) in [5.74, 6) is 0.198. The smallest absolute Gasteiger partial charge is 0.145 e. The molecule has 1 atom stereocenters. The Kier molecular flexibility index (Phi) is 2.23. The van der Waals surface area contributed by atoms with Gasteiger partial charge in [-0.1, -0.05) is 0 Å². The lowest BCUT2D eigenvalue weighted by atomic mass is 10.1. The zero-order chi connectivity index (χ0) is 9.97. The van der Waals surface area contributed by atoms with Crippen LogP contribution in [-0.2, 0) is 0 Å². The number of halogens is 1. The fraction of sp³-hybridized carbons (Fsp3) is 0.300. The predicted octanol–water partition coefficient (Wildman–Crippen LogP) is 1.91. The van der Waals surface area contributed by atoms with E-state index in [1.54, 1.807) is 6.07 Å². The molecule has 1 aromatic rings. The first kappa shape index (κ1) is 8.82. The molecule has 1 aliphatic heterocycles. The van der Waals surface area contributed by atoms with E-state index in [0.717, 1.165) is 5.69 Å². The average Bonchev–Trinajstić information content (AvgIpc) is 2.19. The van der Waals surface area contributed by atoms with Crippen molar-refractivity contribution in [3.05, 3.63) is 24.0 Å². The average molecular weight is 192 g/mol. The van der Waals surface area contributed by atoms with Gasteiger partial charge in [0.2, 0.25) is 0 Å². The lowest BCUT2D eigenvalue weighted by Crippen LogP contribution is -2.30. The van der Waals surface area contributed by atoms with Gasteiger partial charge in [-0.3, -0.25) is 0 Å². The van der Waals surface area contributed by atoms with Gasteiger partial charge >= 0.3 is 0 Å². The van der Waals surface area contributed by atoms with Crippen LogP contribution in [0.1, 0.15) is 6.42 Å². The van der Waals surface area contributed by atoms with Gasteiger partial charge in [-0.2, -0.15) is 5.26 Å². The zero-order valence-corrected chi connectivity index (χ0v) is 7.46. The Labute approximate surface area is 81.1 Å². The van der Waals surface area contributed by atoms with Crippen molar-refractivity contribution in [1.29, 1.82) is 5.26 Å². The largest absolute Gasteiger partial charge is 0.489 e. The Morgan fingerprint density at radius 1 is 1.64 bits per heavy atom. The molecule has 1 heterocycles. The number of nitrogens with one attached hydrogen (secondary N) is 1. The van der Waals surface area contributed by atoms with Crippen LogP contribution in [-0.4, -0.2) is 12.6 Å². The highest BCUT2D eigenvalue weighted by Crippen LogP contribution is 2.29. The van der Waals surface area contributed by atoms with E-state index < -0.39 is 0 Å². The molecule has 0 amide bonds. The Hall–Kier alpha value is -1.76. The number of nitriles is 1. The third-order valence-corrected chi connectivity index (χ3v) is 2.08. The van der Waals surface area contributed by atoms with Crippen LogP contribution in [0, 0.1) is 17.1 Å². The Bertz CT molecular complexity index is 386. The van der Waals surface area contributed by atoms with Crippen molar-refractivity contribution in [2.24, 2.45) is 0 Å². The molecule has 0 saturated carbocycles. The standard InChI is InChI=1S/C10H9FN2O/c11-7-1-2-9-10(5-7)14-6-8(13-9)3-4-12/h1-2,5,8,13H,3,6H2/t8-/m0/s1. The second-order valence-corrected chi connectivity index (χ2v) is 3.15. The van der Waals surface area contributed by atoms with Gasteiger partial charge in [-0.05, 0) is 12.1 Å². The number of nitrogens with zero attached hydrogens (tertiary/aromatic N) is 1. The molecule has 1 N–H and O–H groups in total. The molecule has 0 aliphatic carbocycles. The summed E-state index contributed by atoms with van der Waals surface area (Å²) in [6.45, 7) is 0.407. The molecule has 0 spiro atoms. The number of hydrogen-bond acceptors (Lipinski definition) is 3. The topological polar surface area (TPSA) is 45.0 Å². The molecule has 0 saturated heterocycles. The summed E-state index contributed by atoms with van der Waals surface area (Å²) in [7, 11) is 0. The number of benzene rings is 1. The summed E-state index contributed by atoms with van der Waals surface area (Å²) in [6.07, 6.45) is 0.386. The highest BCUT2D eigenvalue weighted by Gasteiger charge is 2.18. The minimum atomic E-state index is -0.315. The normalized spacial score (nSPS) is 18.7. The highest BCUT2D eigenvalue weighted by molar-refractivity contribution is 5.58. The van der Waals surface area contributed by atoms with Gasteiger partial charge < -0.3 is 10.1 Å². The van der Waals surface area contributed by atoms with Gasteiger partial charge in [0.15, 0.2) is 0 Å². The Morgan fingerprint density at radius 2 is 2.50 bits per heavy atom. The maximum absolute atomic E-state index is 12.8. The lowest BCUT2D eigenvalue weighted by Gasteiger charge is -2.25. The first-order valence-corrected chi connectivity index (χ1v) is 4.35. The number of anilines is 1. The van der Waals surface area contributed by atoms with Crippen molar-refractivity contribution in [3.63, 3.8) is 0 Å². The summed E-state index contributed by atoms with van der Waals surface area (Å²) >= 11 is 0. The van der Waals surface area contributed by atoms with Gasteiger partial charge in [0.05, 0.1) is 24.2 Å². The molecular formula is C10H9FN2O. The zero-order valence-electron chi connectivity index (χ0n) is 7.46. The third kappa shape index (κ3) is 1.62. The third-order valence-electron chi connectivity index (χ3n) is 2.08. The maximum Gasteiger partial charge on any atom is 0.145 e. The van der Waals surface area contributed by atoms with Gasteiger partial charge in [0, 0.05) is 6.07 Å². The fourth-order valence-corrected chi connectivity index (χ4v) is 1.41. The van der Waals surface area contributed by atoms with E-state index in [1.165, 1.54) is 12.1 Å². The molecule has 3 nitrogen and oxygen atoms in total. The van der Waals surface area contributed by atoms with E-state index in [2.05, 4.69) is 11.4 Å². The molecule has 4 heteroatoms. The van der Waals surface area contributed by atoms with E-state index in [4.69, 9.17) is 10.00 Å². The van der Waals surface area contributed by atoms with Gasteiger partial charge in [0.25, 0.3) is 0 Å². The summed E-state index contributed by atoms with van der Waals surface area (Å²) in [6, 6.07) is 6.38. The number of ether oxygens (including phenoxy) is 1. The SMILES string of the molecule is N#CC[C@H]1COc2cc(F)ccc2N1. The predicted molar refractivity (Wildman–Crippen MR) is 49.5 cm³/mol. The van der Waals surface area contributed by atoms with Gasteiger partial charge in [-0.25, -0.2) is 4.39 Å². The second kappa shape index (κ2) is 3.54. The van der Waals surface area contributed by atoms with E-state index >= 15 is 0 Å². The van der Waals surface area contributed by atoms with Crippen molar-refractivity contribution >= 4 is 5.69 Å². The first-order chi connectivity index (χ1) is 6.79. The van der Waals surface area contributed by atoms with Crippen LogP contribution >= 0.6 is 0 Å². The molecule has 0 bridgehead atoms. The number of rotatable bonds is 1. The number of fused-ring (bicyclic) bond motifs is 1. The van der Waals surface area contributed by atoms with E-state index in [1.807, 2.05) is 0 Å². The van der Waals surface area contributed by atoms with Crippen LogP contribution in [0.2, 0.25) is 0 Å². The Balaban J connectivity index is 2.20. The molecule has 0 fully saturated rings. The molecule has 0 unspecified atom stereocenters. The molecule has 72 valence electrons. The lowest BCUT2D eigenvalue weighted by molar-refractivity contribution is 0.284. The molecule has 1 aromatic carbocycles. The van der Waals surface area contributed by atoms with Gasteiger partial charge in [-0.15, -0.1) is 0 Å². The summed E-state index contributed by atoms with van der Waals surface area (Å²) in [4.78, 5) is 0. The monoisotopic (exact) mass is 192 g/mol. The van der Waals surface area contributed by atoms with Crippen molar-refractivity contribution in [1.82, 2.24) is 0 Å². The van der Waals surface area contributed by atoms with Crippen LogP contribution < -0.4 is 10.1 Å². The Morgan fingerprint density at radius 3 is 3.29 bits per heavy atom. The summed E-state index contributed by atoms with van der Waals surface area (Å²) in [5.41, 5.74) is 0.748. The van der Waals surface area contributed by atoms with E-state index in [9.17, 15) is 4.39 Å². The molecule has 1 aliphatic rings. The highest BCUT2D eigenvalue weighted by atomic mass is 19.1. The molecule has 14 heavy (non-hydrogen) atoms. The van der Waals surface area contributed by atoms with Crippen LogP contribution in [0.15, 0.2) is 18.2 Å². The quantitative estimate of drug-likeness (QED) is 0.739. The molecule has 0 aromatic heterocycles. The maximum atomic E-state index is 12.8. The van der Waals surface area contributed by atoms with Crippen molar-refractivity contribution in [3.8, 4) is 11.8 Å². The molecule has 0 radical (unpaired) electrons. The van der Waals surface area contributed by atoms with Crippen LogP contribution in [0.25, 0.3) is 0 Å². The minimum Gasteiger partial charge on any atom is -0.489 e.